The number of hydrogen-bond donors (Lipinski definition) is 1. The van der Waals surface area contributed by atoms with Crippen LogP contribution in [-0.2, 0) is 17.8 Å². The van der Waals surface area contributed by atoms with Gasteiger partial charge in [-0.1, -0.05) is 6.07 Å². The van der Waals surface area contributed by atoms with Gasteiger partial charge in [0.1, 0.15) is 0 Å². The molecule has 6 nitrogen and oxygen atoms in total. The highest BCUT2D eigenvalue weighted by Crippen LogP contribution is 2.18. The third kappa shape index (κ3) is 2.71. The Kier molecular flexibility index (Phi) is 3.79. The SMILES string of the molecule is COC(=O)N1CCN(C(=O)c2ccc3c(c2)CNC3)CC1. The molecule has 112 valence electrons. The summed E-state index contributed by atoms with van der Waals surface area (Å²) >= 11 is 0. The average molecular weight is 289 g/mol. The molecule has 2 heterocycles. The number of nitrogens with zero attached hydrogens (tertiary/aromatic N) is 2. The predicted octanol–water partition coefficient (Wildman–Crippen LogP) is 0.814. The number of methoxy groups -OCH3 is 1. The quantitative estimate of drug-likeness (QED) is 0.831. The molecule has 0 aliphatic carbocycles. The van der Waals surface area contributed by atoms with Crippen LogP contribution in [0.5, 0.6) is 0 Å². The van der Waals surface area contributed by atoms with E-state index in [9.17, 15) is 9.59 Å². The van der Waals surface area contributed by atoms with Gasteiger partial charge in [-0.25, -0.2) is 4.79 Å². The topological polar surface area (TPSA) is 61.9 Å². The van der Waals surface area contributed by atoms with Crippen LogP contribution < -0.4 is 5.32 Å². The number of amides is 2. The van der Waals surface area contributed by atoms with Crippen molar-refractivity contribution < 1.29 is 14.3 Å². The van der Waals surface area contributed by atoms with Crippen molar-refractivity contribution in [1.82, 2.24) is 15.1 Å². The number of carbonyl (C=O) groups is 2. The van der Waals surface area contributed by atoms with Crippen LogP contribution in [0.2, 0.25) is 0 Å². The summed E-state index contributed by atoms with van der Waals surface area (Å²) in [6, 6.07) is 5.89. The summed E-state index contributed by atoms with van der Waals surface area (Å²) < 4.78 is 4.70. The van der Waals surface area contributed by atoms with Gasteiger partial charge in [-0.3, -0.25) is 4.79 Å². The van der Waals surface area contributed by atoms with E-state index in [1.165, 1.54) is 18.2 Å². The molecule has 1 fully saturated rings. The molecule has 0 unspecified atom stereocenters. The molecule has 21 heavy (non-hydrogen) atoms. The molecule has 1 aromatic rings. The molecule has 1 N–H and O–H groups in total. The van der Waals surface area contributed by atoms with Crippen molar-refractivity contribution in [2.24, 2.45) is 0 Å². The number of fused-ring (bicyclic) bond motifs is 1. The van der Waals surface area contributed by atoms with Crippen molar-refractivity contribution >= 4 is 12.0 Å². The number of ether oxygens (including phenoxy) is 1. The van der Waals surface area contributed by atoms with E-state index in [4.69, 9.17) is 4.74 Å². The number of benzene rings is 1. The summed E-state index contributed by atoms with van der Waals surface area (Å²) in [5, 5.41) is 3.28. The van der Waals surface area contributed by atoms with Gasteiger partial charge < -0.3 is 19.9 Å². The van der Waals surface area contributed by atoms with Gasteiger partial charge in [-0.05, 0) is 23.3 Å². The summed E-state index contributed by atoms with van der Waals surface area (Å²) in [6.45, 7) is 3.83. The van der Waals surface area contributed by atoms with E-state index in [1.807, 2.05) is 18.2 Å². The Morgan fingerprint density at radius 3 is 2.43 bits per heavy atom. The maximum Gasteiger partial charge on any atom is 0.409 e. The zero-order valence-corrected chi connectivity index (χ0v) is 12.1. The highest BCUT2D eigenvalue weighted by atomic mass is 16.5. The normalized spacial score (nSPS) is 17.6. The number of hydrogen-bond acceptors (Lipinski definition) is 4. The van der Waals surface area contributed by atoms with Gasteiger partial charge in [0.05, 0.1) is 7.11 Å². The van der Waals surface area contributed by atoms with Crippen molar-refractivity contribution in [3.05, 3.63) is 34.9 Å². The van der Waals surface area contributed by atoms with Gasteiger partial charge in [0, 0.05) is 44.8 Å². The maximum absolute atomic E-state index is 12.5. The molecule has 6 heteroatoms. The Labute approximate surface area is 123 Å². The first-order valence-electron chi connectivity index (χ1n) is 7.13. The Balaban J connectivity index is 1.65. The van der Waals surface area contributed by atoms with Crippen molar-refractivity contribution in [3.8, 4) is 0 Å². The van der Waals surface area contributed by atoms with E-state index in [2.05, 4.69) is 5.32 Å². The molecule has 0 bridgehead atoms. The minimum atomic E-state index is -0.328. The van der Waals surface area contributed by atoms with Gasteiger partial charge in [0.2, 0.25) is 0 Å². The Bertz CT molecular complexity index is 565. The zero-order valence-electron chi connectivity index (χ0n) is 12.1. The van der Waals surface area contributed by atoms with E-state index in [0.29, 0.717) is 26.2 Å². The van der Waals surface area contributed by atoms with Crippen molar-refractivity contribution in [1.29, 1.82) is 0 Å². The maximum atomic E-state index is 12.5. The molecule has 0 saturated carbocycles. The van der Waals surface area contributed by atoms with Crippen LogP contribution in [0.4, 0.5) is 4.79 Å². The molecule has 3 rings (SSSR count). The van der Waals surface area contributed by atoms with Crippen LogP contribution >= 0.6 is 0 Å². The monoisotopic (exact) mass is 289 g/mol. The lowest BCUT2D eigenvalue weighted by molar-refractivity contribution is 0.0599. The van der Waals surface area contributed by atoms with E-state index >= 15 is 0 Å². The molecule has 2 aliphatic rings. The lowest BCUT2D eigenvalue weighted by Gasteiger charge is -2.33. The second kappa shape index (κ2) is 5.73. The molecular weight excluding hydrogens is 270 g/mol. The molecule has 1 saturated heterocycles. The summed E-state index contributed by atoms with van der Waals surface area (Å²) in [5.41, 5.74) is 3.19. The van der Waals surface area contributed by atoms with Crippen molar-refractivity contribution in [2.75, 3.05) is 33.3 Å². The fourth-order valence-electron chi connectivity index (χ4n) is 2.83. The Morgan fingerprint density at radius 1 is 1.05 bits per heavy atom. The Hall–Kier alpha value is -2.08. The zero-order chi connectivity index (χ0) is 14.8. The van der Waals surface area contributed by atoms with Gasteiger partial charge in [0.15, 0.2) is 0 Å². The van der Waals surface area contributed by atoms with Crippen molar-refractivity contribution in [3.63, 3.8) is 0 Å². The van der Waals surface area contributed by atoms with Crippen molar-refractivity contribution in [2.45, 2.75) is 13.1 Å². The molecule has 2 amide bonds. The predicted molar refractivity (Wildman–Crippen MR) is 76.9 cm³/mol. The minimum Gasteiger partial charge on any atom is -0.453 e. The van der Waals surface area contributed by atoms with Gasteiger partial charge in [-0.15, -0.1) is 0 Å². The Morgan fingerprint density at radius 2 is 1.71 bits per heavy atom. The first-order chi connectivity index (χ1) is 10.2. The number of rotatable bonds is 1. The van der Waals surface area contributed by atoms with E-state index in [0.717, 1.165) is 18.7 Å². The molecule has 0 atom stereocenters. The summed E-state index contributed by atoms with van der Waals surface area (Å²) in [4.78, 5) is 27.4. The second-order valence-electron chi connectivity index (χ2n) is 5.34. The minimum absolute atomic E-state index is 0.0363. The van der Waals surface area contributed by atoms with E-state index in [1.54, 1.807) is 9.80 Å². The van der Waals surface area contributed by atoms with Gasteiger partial charge in [-0.2, -0.15) is 0 Å². The largest absolute Gasteiger partial charge is 0.453 e. The molecule has 1 aromatic carbocycles. The molecule has 0 aromatic heterocycles. The number of carbonyl (C=O) groups excluding carboxylic acids is 2. The second-order valence-corrected chi connectivity index (χ2v) is 5.34. The van der Waals surface area contributed by atoms with Crippen LogP contribution in [0.1, 0.15) is 21.5 Å². The third-order valence-corrected chi connectivity index (χ3v) is 4.08. The van der Waals surface area contributed by atoms with Crippen LogP contribution in [0, 0.1) is 0 Å². The number of piperazine rings is 1. The fourth-order valence-corrected chi connectivity index (χ4v) is 2.83. The highest BCUT2D eigenvalue weighted by molar-refractivity contribution is 5.94. The fraction of sp³-hybridized carbons (Fsp3) is 0.467. The third-order valence-electron chi connectivity index (χ3n) is 4.08. The first kappa shape index (κ1) is 13.9. The lowest BCUT2D eigenvalue weighted by Crippen LogP contribution is -2.50. The standard InChI is InChI=1S/C15H19N3O3/c1-21-15(20)18-6-4-17(5-7-18)14(19)11-2-3-12-9-16-10-13(12)8-11/h2-3,8,16H,4-7,9-10H2,1H3. The lowest BCUT2D eigenvalue weighted by atomic mass is 10.1. The van der Waals surface area contributed by atoms with Crippen LogP contribution in [0.15, 0.2) is 18.2 Å². The number of nitrogens with one attached hydrogen (secondary N) is 1. The van der Waals surface area contributed by atoms with E-state index in [-0.39, 0.29) is 12.0 Å². The summed E-state index contributed by atoms with van der Waals surface area (Å²) in [5.74, 6) is 0.0363. The van der Waals surface area contributed by atoms with Gasteiger partial charge in [0.25, 0.3) is 5.91 Å². The molecular formula is C15H19N3O3. The van der Waals surface area contributed by atoms with E-state index < -0.39 is 0 Å². The summed E-state index contributed by atoms with van der Waals surface area (Å²) in [6.07, 6.45) is -0.328. The summed E-state index contributed by atoms with van der Waals surface area (Å²) in [7, 11) is 1.37. The molecule has 0 spiro atoms. The molecule has 2 aliphatic heterocycles. The average Bonchev–Trinajstić information content (AvgIpc) is 3.01. The first-order valence-corrected chi connectivity index (χ1v) is 7.13. The van der Waals surface area contributed by atoms with Crippen LogP contribution in [-0.4, -0.2) is 55.1 Å². The van der Waals surface area contributed by atoms with Crippen LogP contribution in [0.3, 0.4) is 0 Å². The smallest absolute Gasteiger partial charge is 0.409 e. The van der Waals surface area contributed by atoms with Crippen LogP contribution in [0.25, 0.3) is 0 Å². The highest BCUT2D eigenvalue weighted by Gasteiger charge is 2.25. The molecule has 0 radical (unpaired) electrons. The van der Waals surface area contributed by atoms with Gasteiger partial charge >= 0.3 is 6.09 Å².